The van der Waals surface area contributed by atoms with Crippen molar-refractivity contribution in [1.82, 2.24) is 25.3 Å². The lowest BCUT2D eigenvalue weighted by molar-refractivity contribution is 0.0162. The molecule has 1 saturated heterocycles. The van der Waals surface area contributed by atoms with Gasteiger partial charge >= 0.3 is 6.09 Å². The Balaban J connectivity index is 1.72. The van der Waals surface area contributed by atoms with Crippen molar-refractivity contribution >= 4 is 12.1 Å². The predicted octanol–water partition coefficient (Wildman–Crippen LogP) is 2.12. The molecule has 1 aromatic rings. The molecule has 0 aliphatic carbocycles. The van der Waals surface area contributed by atoms with Crippen LogP contribution in [0.25, 0.3) is 0 Å². The molecule has 0 radical (unpaired) electrons. The number of aliphatic imine (C=N–C) groups is 1. The van der Waals surface area contributed by atoms with E-state index >= 15 is 0 Å². The Morgan fingerprint density at radius 1 is 1.41 bits per heavy atom. The van der Waals surface area contributed by atoms with E-state index < -0.39 is 5.60 Å². The summed E-state index contributed by atoms with van der Waals surface area (Å²) in [6, 6.07) is 1.98. The first-order chi connectivity index (χ1) is 12.8. The summed E-state index contributed by atoms with van der Waals surface area (Å²) in [4.78, 5) is 18.4. The van der Waals surface area contributed by atoms with Crippen molar-refractivity contribution in [3.63, 3.8) is 0 Å². The first-order valence-corrected chi connectivity index (χ1v) is 9.68. The predicted molar refractivity (Wildman–Crippen MR) is 107 cm³/mol. The van der Waals surface area contributed by atoms with E-state index in [9.17, 15) is 4.79 Å². The average Bonchev–Trinajstić information content (AvgIpc) is 3.01. The number of nitrogens with one attached hydrogen (secondary N) is 2. The third kappa shape index (κ3) is 7.11. The molecule has 1 amide bonds. The smallest absolute Gasteiger partial charge is 0.410 e. The highest BCUT2D eigenvalue weighted by Crippen LogP contribution is 2.21. The second kappa shape index (κ2) is 9.62. The zero-order valence-corrected chi connectivity index (χ0v) is 17.3. The minimum Gasteiger partial charge on any atom is -0.444 e. The standard InChI is InChI=1S/C19H34N6O2/c1-19(2,3)27-18(26)25-12-6-7-15(14-25)8-10-21-17(20-4)22-13-16-9-11-23-24(16)5/h9,11,15H,6-8,10,12-14H2,1-5H3,(H2,20,21,22). The number of likely N-dealkylation sites (tertiary alicyclic amines) is 1. The van der Waals surface area contributed by atoms with Crippen LogP contribution in [0, 0.1) is 5.92 Å². The Morgan fingerprint density at radius 3 is 2.81 bits per heavy atom. The lowest BCUT2D eigenvalue weighted by Crippen LogP contribution is -2.44. The topological polar surface area (TPSA) is 83.8 Å². The highest BCUT2D eigenvalue weighted by atomic mass is 16.6. The van der Waals surface area contributed by atoms with Gasteiger partial charge in [-0.05, 0) is 52.0 Å². The molecule has 0 bridgehead atoms. The van der Waals surface area contributed by atoms with E-state index in [-0.39, 0.29) is 6.09 Å². The van der Waals surface area contributed by atoms with Crippen LogP contribution in [0.15, 0.2) is 17.3 Å². The van der Waals surface area contributed by atoms with Crippen LogP contribution < -0.4 is 10.6 Å². The monoisotopic (exact) mass is 378 g/mol. The van der Waals surface area contributed by atoms with Crippen LogP contribution in [0.3, 0.4) is 0 Å². The molecule has 0 aromatic carbocycles. The molecular weight excluding hydrogens is 344 g/mol. The maximum atomic E-state index is 12.3. The second-order valence-electron chi connectivity index (χ2n) is 8.02. The van der Waals surface area contributed by atoms with Crippen LogP contribution in [-0.4, -0.2) is 59.0 Å². The zero-order chi connectivity index (χ0) is 19.9. The molecule has 1 aliphatic rings. The maximum Gasteiger partial charge on any atom is 0.410 e. The fourth-order valence-electron chi connectivity index (χ4n) is 3.16. The zero-order valence-electron chi connectivity index (χ0n) is 17.3. The Morgan fingerprint density at radius 2 is 2.19 bits per heavy atom. The van der Waals surface area contributed by atoms with Crippen molar-refractivity contribution in [2.75, 3.05) is 26.7 Å². The molecule has 2 N–H and O–H groups in total. The number of aromatic nitrogens is 2. The molecule has 1 aromatic heterocycles. The van der Waals surface area contributed by atoms with Gasteiger partial charge in [-0.1, -0.05) is 0 Å². The molecule has 1 fully saturated rings. The fourth-order valence-corrected chi connectivity index (χ4v) is 3.16. The highest BCUT2D eigenvalue weighted by molar-refractivity contribution is 5.79. The number of rotatable bonds is 5. The quantitative estimate of drug-likeness (QED) is 0.606. The Hall–Kier alpha value is -2.25. The van der Waals surface area contributed by atoms with Gasteiger partial charge in [-0.25, -0.2) is 4.79 Å². The first-order valence-electron chi connectivity index (χ1n) is 9.68. The van der Waals surface area contributed by atoms with Crippen LogP contribution in [-0.2, 0) is 18.3 Å². The van der Waals surface area contributed by atoms with Gasteiger partial charge in [0.2, 0.25) is 0 Å². The summed E-state index contributed by atoms with van der Waals surface area (Å²) in [5, 5.41) is 10.8. The summed E-state index contributed by atoms with van der Waals surface area (Å²) < 4.78 is 7.34. The van der Waals surface area contributed by atoms with Gasteiger partial charge in [0.25, 0.3) is 0 Å². The third-order valence-corrected chi connectivity index (χ3v) is 4.60. The van der Waals surface area contributed by atoms with Gasteiger partial charge < -0.3 is 20.3 Å². The summed E-state index contributed by atoms with van der Waals surface area (Å²) in [5.74, 6) is 1.25. The van der Waals surface area contributed by atoms with Gasteiger partial charge in [-0.15, -0.1) is 0 Å². The molecule has 0 spiro atoms. The van der Waals surface area contributed by atoms with Crippen LogP contribution in [0.2, 0.25) is 0 Å². The minimum atomic E-state index is -0.447. The number of guanidine groups is 1. The van der Waals surface area contributed by atoms with Gasteiger partial charge in [-0.3, -0.25) is 9.67 Å². The van der Waals surface area contributed by atoms with Gasteiger partial charge in [0.15, 0.2) is 5.96 Å². The SMILES string of the molecule is CN=C(NCCC1CCCN(C(=O)OC(C)(C)C)C1)NCc1ccnn1C. The summed E-state index contributed by atoms with van der Waals surface area (Å²) in [6.07, 6.45) is 4.74. The number of hydrogen-bond donors (Lipinski definition) is 2. The molecule has 1 unspecified atom stereocenters. The summed E-state index contributed by atoms with van der Waals surface area (Å²) in [7, 11) is 3.69. The number of nitrogens with zero attached hydrogens (tertiary/aromatic N) is 4. The number of ether oxygens (including phenoxy) is 1. The summed E-state index contributed by atoms with van der Waals surface area (Å²) in [5.41, 5.74) is 0.649. The summed E-state index contributed by atoms with van der Waals surface area (Å²) in [6.45, 7) is 8.75. The van der Waals surface area contributed by atoms with E-state index in [0.717, 1.165) is 50.6 Å². The lowest BCUT2D eigenvalue weighted by Gasteiger charge is -2.34. The molecule has 152 valence electrons. The first kappa shape index (κ1) is 21.1. The van der Waals surface area contributed by atoms with Crippen LogP contribution in [0.1, 0.15) is 45.7 Å². The second-order valence-corrected chi connectivity index (χ2v) is 8.02. The van der Waals surface area contributed by atoms with Crippen LogP contribution >= 0.6 is 0 Å². The molecule has 2 heterocycles. The van der Waals surface area contributed by atoms with Crippen molar-refractivity contribution in [2.24, 2.45) is 18.0 Å². The molecule has 2 rings (SSSR count). The Bertz CT molecular complexity index is 634. The number of amides is 1. The van der Waals surface area contributed by atoms with E-state index in [2.05, 4.69) is 20.7 Å². The molecular formula is C19H34N6O2. The fraction of sp³-hybridized carbons (Fsp3) is 0.737. The van der Waals surface area contributed by atoms with Crippen molar-refractivity contribution in [1.29, 1.82) is 0 Å². The summed E-state index contributed by atoms with van der Waals surface area (Å²) >= 11 is 0. The molecule has 8 nitrogen and oxygen atoms in total. The molecule has 27 heavy (non-hydrogen) atoms. The number of carbonyl (C=O) groups is 1. The van der Waals surface area contributed by atoms with Crippen molar-refractivity contribution in [3.05, 3.63) is 18.0 Å². The average molecular weight is 379 g/mol. The largest absolute Gasteiger partial charge is 0.444 e. The molecule has 1 atom stereocenters. The third-order valence-electron chi connectivity index (χ3n) is 4.60. The van der Waals surface area contributed by atoms with Crippen molar-refractivity contribution < 1.29 is 9.53 Å². The number of aryl methyl sites for hydroxylation is 1. The van der Waals surface area contributed by atoms with E-state index in [1.807, 2.05) is 43.5 Å². The van der Waals surface area contributed by atoms with Gasteiger partial charge in [0, 0.05) is 39.9 Å². The Kier molecular flexibility index (Phi) is 7.50. The van der Waals surface area contributed by atoms with E-state index in [1.165, 1.54) is 0 Å². The molecule has 1 aliphatic heterocycles. The highest BCUT2D eigenvalue weighted by Gasteiger charge is 2.27. The van der Waals surface area contributed by atoms with E-state index in [4.69, 9.17) is 4.74 Å². The molecule has 0 saturated carbocycles. The Labute approximate surface area is 162 Å². The van der Waals surface area contributed by atoms with Crippen LogP contribution in [0.4, 0.5) is 4.79 Å². The normalized spacial score (nSPS) is 18.3. The van der Waals surface area contributed by atoms with Gasteiger partial charge in [0.1, 0.15) is 5.60 Å². The lowest BCUT2D eigenvalue weighted by atomic mass is 9.95. The van der Waals surface area contributed by atoms with E-state index in [0.29, 0.717) is 12.5 Å². The number of hydrogen-bond acceptors (Lipinski definition) is 4. The van der Waals surface area contributed by atoms with Crippen LogP contribution in [0.5, 0.6) is 0 Å². The minimum absolute atomic E-state index is 0.200. The maximum absolute atomic E-state index is 12.3. The van der Waals surface area contributed by atoms with Gasteiger partial charge in [0.05, 0.1) is 12.2 Å². The van der Waals surface area contributed by atoms with Gasteiger partial charge in [-0.2, -0.15) is 5.10 Å². The van der Waals surface area contributed by atoms with E-state index in [1.54, 1.807) is 13.2 Å². The molecule has 8 heteroatoms. The van der Waals surface area contributed by atoms with Crippen molar-refractivity contribution in [3.8, 4) is 0 Å². The number of piperidine rings is 1. The number of carbonyl (C=O) groups excluding carboxylic acids is 1. The van der Waals surface area contributed by atoms with Crippen molar-refractivity contribution in [2.45, 2.75) is 52.2 Å².